The fourth-order valence-corrected chi connectivity index (χ4v) is 2.84. The number of carbonyl (C=O) groups is 1. The Bertz CT molecular complexity index is 828. The van der Waals surface area contributed by atoms with E-state index in [1.807, 2.05) is 60.8 Å². The minimum absolute atomic E-state index is 0.122. The van der Waals surface area contributed by atoms with Crippen molar-refractivity contribution in [1.29, 1.82) is 0 Å². The van der Waals surface area contributed by atoms with Crippen LogP contribution in [0.1, 0.15) is 16.3 Å². The van der Waals surface area contributed by atoms with Crippen molar-refractivity contribution in [3.63, 3.8) is 0 Å². The van der Waals surface area contributed by atoms with Crippen LogP contribution >= 0.6 is 11.3 Å². The second kappa shape index (κ2) is 7.66. The summed E-state index contributed by atoms with van der Waals surface area (Å²) in [4.78, 5) is 23.0. The molecule has 3 rings (SSSR count). The molecule has 0 aliphatic rings. The molecule has 0 bridgehead atoms. The van der Waals surface area contributed by atoms with Crippen LogP contribution in [-0.4, -0.2) is 15.9 Å². The predicted octanol–water partition coefficient (Wildman–Crippen LogP) is 4.09. The van der Waals surface area contributed by atoms with E-state index in [9.17, 15) is 4.79 Å². The van der Waals surface area contributed by atoms with Crippen LogP contribution in [0, 0.1) is 6.92 Å². The lowest BCUT2D eigenvalue weighted by molar-refractivity contribution is -0.114. The second-order valence-electron chi connectivity index (χ2n) is 5.22. The first-order valence-electron chi connectivity index (χ1n) is 7.59. The van der Waals surface area contributed by atoms with Crippen LogP contribution < -0.4 is 4.90 Å². The van der Waals surface area contributed by atoms with E-state index in [1.165, 1.54) is 0 Å². The highest BCUT2D eigenvalue weighted by atomic mass is 32.1. The zero-order valence-electron chi connectivity index (χ0n) is 13.3. The zero-order chi connectivity index (χ0) is 16.8. The Balaban J connectivity index is 1.83. The standard InChI is InChI=1S/C19H17N3OS/c1-15-21-17(14-24-15)10-11-19(23)22(18-9-5-6-12-20-18)13-16-7-3-2-4-8-16/h2-12,14H,13H2,1H3/b11-10+. The molecule has 0 N–H and O–H groups in total. The van der Waals surface area contributed by atoms with Gasteiger partial charge < -0.3 is 0 Å². The predicted molar refractivity (Wildman–Crippen MR) is 97.8 cm³/mol. The third kappa shape index (κ3) is 4.14. The van der Waals surface area contributed by atoms with Gasteiger partial charge in [0.1, 0.15) is 5.82 Å². The van der Waals surface area contributed by atoms with Crippen LogP contribution in [0.4, 0.5) is 5.82 Å². The first kappa shape index (κ1) is 16.1. The molecule has 24 heavy (non-hydrogen) atoms. The topological polar surface area (TPSA) is 46.1 Å². The monoisotopic (exact) mass is 335 g/mol. The minimum Gasteiger partial charge on any atom is -0.289 e. The molecule has 1 aromatic carbocycles. The highest BCUT2D eigenvalue weighted by molar-refractivity contribution is 7.09. The smallest absolute Gasteiger partial charge is 0.252 e. The van der Waals surface area contributed by atoms with Crippen molar-refractivity contribution in [1.82, 2.24) is 9.97 Å². The summed E-state index contributed by atoms with van der Waals surface area (Å²) in [6.45, 7) is 2.41. The normalized spacial score (nSPS) is 10.9. The fourth-order valence-electron chi connectivity index (χ4n) is 2.25. The van der Waals surface area contributed by atoms with E-state index in [4.69, 9.17) is 0 Å². The average Bonchev–Trinajstić information content (AvgIpc) is 3.04. The summed E-state index contributed by atoms with van der Waals surface area (Å²) in [6.07, 6.45) is 4.98. The molecule has 0 aliphatic carbocycles. The van der Waals surface area contributed by atoms with Gasteiger partial charge in [0.2, 0.25) is 0 Å². The van der Waals surface area contributed by atoms with Gasteiger partial charge in [-0.15, -0.1) is 11.3 Å². The molecular formula is C19H17N3OS. The average molecular weight is 335 g/mol. The minimum atomic E-state index is -0.122. The number of aryl methyl sites for hydroxylation is 1. The second-order valence-corrected chi connectivity index (χ2v) is 6.28. The van der Waals surface area contributed by atoms with Crippen LogP contribution in [0.15, 0.2) is 66.2 Å². The third-order valence-electron chi connectivity index (χ3n) is 3.41. The molecule has 120 valence electrons. The largest absolute Gasteiger partial charge is 0.289 e. The molecule has 5 heteroatoms. The van der Waals surface area contributed by atoms with Gasteiger partial charge in [0.15, 0.2) is 0 Å². The summed E-state index contributed by atoms with van der Waals surface area (Å²) in [5.41, 5.74) is 1.85. The fraction of sp³-hybridized carbons (Fsp3) is 0.105. The van der Waals surface area contributed by atoms with Crippen LogP contribution in [0.3, 0.4) is 0 Å². The van der Waals surface area contributed by atoms with E-state index in [1.54, 1.807) is 34.6 Å². The Labute approximate surface area is 145 Å². The molecule has 0 radical (unpaired) electrons. The van der Waals surface area contributed by atoms with Crippen molar-refractivity contribution in [2.75, 3.05) is 4.90 Å². The maximum Gasteiger partial charge on any atom is 0.252 e. The van der Waals surface area contributed by atoms with Gasteiger partial charge in [-0.2, -0.15) is 0 Å². The molecule has 3 aromatic rings. The van der Waals surface area contributed by atoms with Crippen LogP contribution in [0.5, 0.6) is 0 Å². The lowest BCUT2D eigenvalue weighted by atomic mass is 10.2. The molecular weight excluding hydrogens is 318 g/mol. The SMILES string of the molecule is Cc1nc(/C=C/C(=O)N(Cc2ccccc2)c2ccccn2)cs1. The number of benzene rings is 1. The van der Waals surface area contributed by atoms with Gasteiger partial charge in [0, 0.05) is 17.7 Å². The highest BCUT2D eigenvalue weighted by Crippen LogP contribution is 2.16. The van der Waals surface area contributed by atoms with Gasteiger partial charge in [-0.1, -0.05) is 36.4 Å². The van der Waals surface area contributed by atoms with Crippen molar-refractivity contribution in [3.8, 4) is 0 Å². The summed E-state index contributed by atoms with van der Waals surface area (Å²) in [6, 6.07) is 15.4. The highest BCUT2D eigenvalue weighted by Gasteiger charge is 2.14. The molecule has 0 saturated carbocycles. The summed E-state index contributed by atoms with van der Waals surface area (Å²) >= 11 is 1.56. The number of hydrogen-bond donors (Lipinski definition) is 0. The van der Waals surface area contributed by atoms with Crippen molar-refractivity contribution in [2.45, 2.75) is 13.5 Å². The Morgan fingerprint density at radius 2 is 1.96 bits per heavy atom. The van der Waals surface area contributed by atoms with Gasteiger partial charge in [-0.05, 0) is 30.7 Å². The molecule has 2 aromatic heterocycles. The molecule has 0 saturated heterocycles. The van der Waals surface area contributed by atoms with Crippen molar-refractivity contribution >= 4 is 29.1 Å². The number of carbonyl (C=O) groups excluding carboxylic acids is 1. The maximum atomic E-state index is 12.7. The molecule has 0 fully saturated rings. The number of hydrogen-bond acceptors (Lipinski definition) is 4. The van der Waals surface area contributed by atoms with Gasteiger partial charge in [-0.3, -0.25) is 9.69 Å². The number of amides is 1. The van der Waals surface area contributed by atoms with Crippen molar-refractivity contribution in [2.24, 2.45) is 0 Å². The van der Waals surface area contributed by atoms with E-state index in [0.717, 1.165) is 16.3 Å². The molecule has 2 heterocycles. The van der Waals surface area contributed by atoms with Crippen molar-refractivity contribution in [3.05, 3.63) is 82.4 Å². The lowest BCUT2D eigenvalue weighted by Crippen LogP contribution is -2.29. The summed E-state index contributed by atoms with van der Waals surface area (Å²) < 4.78 is 0. The number of pyridine rings is 1. The van der Waals surface area contributed by atoms with E-state index in [0.29, 0.717) is 12.4 Å². The number of aromatic nitrogens is 2. The number of rotatable bonds is 5. The van der Waals surface area contributed by atoms with Crippen LogP contribution in [-0.2, 0) is 11.3 Å². The summed E-state index contributed by atoms with van der Waals surface area (Å²) in [7, 11) is 0. The Morgan fingerprint density at radius 1 is 1.17 bits per heavy atom. The first-order chi connectivity index (χ1) is 11.7. The molecule has 0 atom stereocenters. The first-order valence-corrected chi connectivity index (χ1v) is 8.47. The van der Waals surface area contributed by atoms with Crippen LogP contribution in [0.25, 0.3) is 6.08 Å². The Kier molecular flexibility index (Phi) is 5.13. The lowest BCUT2D eigenvalue weighted by Gasteiger charge is -2.20. The number of thiazole rings is 1. The number of anilines is 1. The van der Waals surface area contributed by atoms with E-state index in [2.05, 4.69) is 9.97 Å². The van der Waals surface area contributed by atoms with Crippen molar-refractivity contribution < 1.29 is 4.79 Å². The molecule has 1 amide bonds. The third-order valence-corrected chi connectivity index (χ3v) is 4.20. The van der Waals surface area contributed by atoms with E-state index >= 15 is 0 Å². The van der Waals surface area contributed by atoms with Gasteiger partial charge in [-0.25, -0.2) is 9.97 Å². The van der Waals surface area contributed by atoms with Gasteiger partial charge in [0.05, 0.1) is 17.2 Å². The maximum absolute atomic E-state index is 12.7. The van der Waals surface area contributed by atoms with Gasteiger partial charge >= 0.3 is 0 Å². The Morgan fingerprint density at radius 3 is 2.62 bits per heavy atom. The Hall–Kier alpha value is -2.79. The van der Waals surface area contributed by atoms with Gasteiger partial charge in [0.25, 0.3) is 5.91 Å². The molecule has 0 spiro atoms. The van der Waals surface area contributed by atoms with Crippen LogP contribution in [0.2, 0.25) is 0 Å². The van der Waals surface area contributed by atoms with E-state index in [-0.39, 0.29) is 5.91 Å². The molecule has 4 nitrogen and oxygen atoms in total. The number of nitrogens with zero attached hydrogens (tertiary/aromatic N) is 3. The quantitative estimate of drug-likeness (QED) is 0.660. The zero-order valence-corrected chi connectivity index (χ0v) is 14.1. The molecule has 0 unspecified atom stereocenters. The molecule has 0 aliphatic heterocycles. The summed E-state index contributed by atoms with van der Waals surface area (Å²) in [5, 5.41) is 2.91. The van der Waals surface area contributed by atoms with E-state index < -0.39 is 0 Å². The summed E-state index contributed by atoms with van der Waals surface area (Å²) in [5.74, 6) is 0.508.